The van der Waals surface area contributed by atoms with Crippen LogP contribution in [-0.4, -0.2) is 72.9 Å². The van der Waals surface area contributed by atoms with E-state index in [0.717, 1.165) is 0 Å². The third-order valence-corrected chi connectivity index (χ3v) is 7.17. The van der Waals surface area contributed by atoms with Crippen LogP contribution in [0.25, 0.3) is 0 Å². The van der Waals surface area contributed by atoms with Crippen molar-refractivity contribution in [3.63, 3.8) is 0 Å². The average molecular weight is 767 g/mol. The van der Waals surface area contributed by atoms with E-state index >= 15 is 0 Å². The number of nitrogens with zero attached hydrogens (tertiary/aromatic N) is 2. The normalized spacial score (nSPS) is 12.5. The van der Waals surface area contributed by atoms with Crippen molar-refractivity contribution in [1.29, 1.82) is 0 Å². The van der Waals surface area contributed by atoms with Crippen LogP contribution in [0.5, 0.6) is 23.0 Å². The molecular weight excluding hydrogens is 728 g/mol. The van der Waals surface area contributed by atoms with E-state index in [4.69, 9.17) is 25.5 Å². The molecule has 1 aliphatic heterocycles. The Morgan fingerprint density at radius 2 is 1.06 bits per heavy atom. The number of aromatic hydroxyl groups is 1. The Kier molecular flexibility index (Phi) is 19.5. The third-order valence-electron chi connectivity index (χ3n) is 7.17. The average Bonchev–Trinajstić information content (AvgIpc) is 3.56. The first-order valence-corrected chi connectivity index (χ1v) is 15.4. The van der Waals surface area contributed by atoms with Crippen LogP contribution in [0.4, 0.5) is 0 Å². The van der Waals surface area contributed by atoms with Crippen molar-refractivity contribution in [3.05, 3.63) is 149 Å². The van der Waals surface area contributed by atoms with Gasteiger partial charge in [-0.15, -0.1) is 0 Å². The van der Waals surface area contributed by atoms with Gasteiger partial charge in [-0.05, 0) is 68.4 Å². The Labute approximate surface area is 315 Å². The van der Waals surface area contributed by atoms with Gasteiger partial charge in [0.25, 0.3) is 17.2 Å². The van der Waals surface area contributed by atoms with Gasteiger partial charge < -0.3 is 55.2 Å². The minimum Gasteiger partial charge on any atom is -0.593 e. The number of para-hydroxylation sites is 4. The van der Waals surface area contributed by atoms with Crippen LogP contribution < -0.4 is 15.3 Å². The molecule has 275 valence electrons. The summed E-state index contributed by atoms with van der Waals surface area (Å²) in [4.78, 5) is 47.4. The molecule has 0 spiro atoms. The van der Waals surface area contributed by atoms with Gasteiger partial charge in [0.2, 0.25) is 0 Å². The maximum absolute atomic E-state index is 10.3. The summed E-state index contributed by atoms with van der Waals surface area (Å²) < 4.78 is 0. The fraction of sp³-hybridized carbons (Fsp3) is 0.132. The molecule has 53 heavy (non-hydrogen) atoms. The second-order valence-corrected chi connectivity index (χ2v) is 10.7. The summed E-state index contributed by atoms with van der Waals surface area (Å²) in [5.41, 5.74) is 1.09. The number of aromatic carboxylic acids is 4. The summed E-state index contributed by atoms with van der Waals surface area (Å²) in [5.74, 6) is -5.25. The molecule has 0 amide bonds. The number of carbonyl (C=O) groups excluding carboxylic acids is 3. The van der Waals surface area contributed by atoms with Crippen molar-refractivity contribution >= 4 is 23.9 Å². The number of carboxylic acids is 4. The van der Waals surface area contributed by atoms with Crippen LogP contribution in [0.1, 0.15) is 65.9 Å². The fourth-order valence-electron chi connectivity index (χ4n) is 4.54. The largest absolute Gasteiger partial charge is 3.00 e. The number of pyridine rings is 1. The quantitative estimate of drug-likeness (QED) is 0.242. The van der Waals surface area contributed by atoms with E-state index in [-0.39, 0.29) is 62.6 Å². The molecule has 1 fully saturated rings. The van der Waals surface area contributed by atoms with Gasteiger partial charge in [-0.1, -0.05) is 54.6 Å². The van der Waals surface area contributed by atoms with Gasteiger partial charge >= 0.3 is 23.3 Å². The number of carbonyl (C=O) groups is 4. The molecule has 1 radical (unpaired) electrons. The van der Waals surface area contributed by atoms with Crippen molar-refractivity contribution in [1.82, 2.24) is 9.88 Å². The molecule has 1 aliphatic rings. The van der Waals surface area contributed by atoms with Crippen LogP contribution in [-0.2, 0) is 17.4 Å². The van der Waals surface area contributed by atoms with Gasteiger partial charge in [0.15, 0.2) is 0 Å². The Balaban J connectivity index is 0.000000331. The molecule has 5 aromatic rings. The molecule has 1 unspecified atom stereocenters. The Morgan fingerprint density at radius 1 is 0.660 bits per heavy atom. The van der Waals surface area contributed by atoms with Gasteiger partial charge in [0.05, 0.1) is 34.6 Å². The molecule has 15 heteroatoms. The molecule has 14 nitrogen and oxygen atoms in total. The molecule has 1 atom stereocenters. The molecule has 6 rings (SSSR count). The Morgan fingerprint density at radius 3 is 1.32 bits per heavy atom. The SMILES string of the molecule is CN1CCCC1c1cccnc1.O=C(O)c1ccccc1O.O=C([O-])c1ccccc1[OH2+].O=C([O-])c1ccccc1[OH2+].O=C([O-])c1ccccc1[OH2+].[Cr+3]. The first-order valence-electron chi connectivity index (χ1n) is 15.4. The number of aromatic nitrogens is 1. The van der Waals surface area contributed by atoms with E-state index in [1.165, 1.54) is 73.5 Å². The number of phenols is 1. The standard InChI is InChI=1S/C10H14N2.4C7H6O3.Cr/c1-12-7-3-5-10(12)9-4-2-6-11-8-9;4*8-6-4-2-1-3-5(6)7(9)10;/h2,4,6,8,10H,3,5,7H2,1H3;4*1-4,8H,(H,9,10);/q;;;;;+3. The summed E-state index contributed by atoms with van der Waals surface area (Å²) in [6, 6.07) is 28.4. The first kappa shape index (κ1) is 44.6. The minimum absolute atomic E-state index is 0. The van der Waals surface area contributed by atoms with Gasteiger partial charge in [-0.3, -0.25) is 9.88 Å². The number of hydrogen-bond acceptors (Lipinski definition) is 10. The zero-order valence-electron chi connectivity index (χ0n) is 28.3. The summed E-state index contributed by atoms with van der Waals surface area (Å²) in [5, 5.41) is 69.1. The topological polar surface area (TPSA) is 263 Å². The summed E-state index contributed by atoms with van der Waals surface area (Å²) in [7, 11) is 2.19. The maximum atomic E-state index is 10.3. The molecule has 8 N–H and O–H groups in total. The second-order valence-electron chi connectivity index (χ2n) is 10.7. The molecule has 0 bridgehead atoms. The van der Waals surface area contributed by atoms with Crippen molar-refractivity contribution in [2.45, 2.75) is 18.9 Å². The number of hydrogen-bond donors (Lipinski definition) is 2. The third kappa shape index (κ3) is 15.2. The van der Waals surface area contributed by atoms with Crippen molar-refractivity contribution in [2.24, 2.45) is 0 Å². The number of carboxylic acid groups (broad SMARTS) is 4. The van der Waals surface area contributed by atoms with E-state index in [0.29, 0.717) is 6.04 Å². The van der Waals surface area contributed by atoms with Crippen molar-refractivity contribution in [2.75, 3.05) is 13.6 Å². The second kappa shape index (κ2) is 23.1. The zero-order valence-corrected chi connectivity index (χ0v) is 29.6. The van der Waals surface area contributed by atoms with Gasteiger partial charge in [-0.2, -0.15) is 0 Å². The van der Waals surface area contributed by atoms with Crippen LogP contribution in [0.3, 0.4) is 0 Å². The minimum atomic E-state index is -1.30. The monoisotopic (exact) mass is 766 g/mol. The Bertz CT molecular complexity index is 1700. The molecule has 4 aromatic carbocycles. The molecule has 0 aliphatic carbocycles. The van der Waals surface area contributed by atoms with Crippen LogP contribution >= 0.6 is 0 Å². The van der Waals surface area contributed by atoms with Crippen molar-refractivity contribution < 1.29 is 77.4 Å². The van der Waals surface area contributed by atoms with E-state index < -0.39 is 23.9 Å². The molecule has 1 saturated heterocycles. The van der Waals surface area contributed by atoms with Crippen LogP contribution in [0.15, 0.2) is 122 Å². The van der Waals surface area contributed by atoms with E-state index in [9.17, 15) is 34.5 Å². The van der Waals surface area contributed by atoms with Gasteiger partial charge in [0, 0.05) is 36.6 Å². The molecule has 0 saturated carbocycles. The molecule has 1 aromatic heterocycles. The van der Waals surface area contributed by atoms with Gasteiger partial charge in [-0.25, -0.2) is 4.79 Å². The number of rotatable bonds is 5. The van der Waals surface area contributed by atoms with E-state index in [1.807, 2.05) is 18.5 Å². The summed E-state index contributed by atoms with van der Waals surface area (Å²) >= 11 is 0. The summed E-state index contributed by atoms with van der Waals surface area (Å²) in [6.07, 6.45) is 6.41. The fourth-order valence-corrected chi connectivity index (χ4v) is 4.54. The van der Waals surface area contributed by atoms with Gasteiger partial charge in [0.1, 0.15) is 11.3 Å². The predicted octanol–water partition coefficient (Wildman–Crippen LogP) is 1.40. The van der Waals surface area contributed by atoms with E-state index in [2.05, 4.69) is 23.0 Å². The zero-order chi connectivity index (χ0) is 38.6. The summed E-state index contributed by atoms with van der Waals surface area (Å²) in [6.45, 7) is 1.22. The maximum Gasteiger partial charge on any atom is 3.00 e. The number of likely N-dealkylation sites (tertiary alicyclic amines) is 1. The Hall–Kier alpha value is -6.40. The first-order chi connectivity index (χ1) is 24.7. The van der Waals surface area contributed by atoms with E-state index in [1.54, 1.807) is 48.5 Å². The van der Waals surface area contributed by atoms with Crippen LogP contribution in [0.2, 0.25) is 0 Å². The van der Waals surface area contributed by atoms with Crippen molar-refractivity contribution in [3.8, 4) is 23.0 Å². The smallest absolute Gasteiger partial charge is 0.593 e. The number of benzene rings is 4. The predicted molar refractivity (Wildman–Crippen MR) is 185 cm³/mol. The molecular formula is C38H38CrN2O12+3. The molecule has 2 heterocycles. The van der Waals surface area contributed by atoms with Crippen LogP contribution in [0, 0.1) is 0 Å².